The van der Waals surface area contributed by atoms with E-state index in [1.807, 2.05) is 0 Å². The molecule has 0 saturated carbocycles. The zero-order valence-corrected chi connectivity index (χ0v) is 16.1. The van der Waals surface area contributed by atoms with Crippen molar-refractivity contribution in [3.8, 4) is 34.5 Å². The molecule has 0 amide bonds. The van der Waals surface area contributed by atoms with E-state index < -0.39 is 71.9 Å². The number of benzene rings is 2. The molecule has 0 spiro atoms. The maximum absolute atomic E-state index is 12.2. The second-order valence-electron chi connectivity index (χ2n) is 6.23. The summed E-state index contributed by atoms with van der Waals surface area (Å²) in [5.74, 6) is -6.81. The monoisotopic (exact) mass is 440 g/mol. The third-order valence-corrected chi connectivity index (χ3v) is 4.15. The van der Waals surface area contributed by atoms with Crippen molar-refractivity contribution in [3.63, 3.8) is 0 Å². The van der Waals surface area contributed by atoms with E-state index in [0.29, 0.717) is 0 Å². The van der Waals surface area contributed by atoms with Gasteiger partial charge in [0, 0.05) is 7.11 Å². The van der Waals surface area contributed by atoms with E-state index in [2.05, 4.69) is 0 Å². The first-order valence-corrected chi connectivity index (χ1v) is 8.60. The van der Waals surface area contributed by atoms with E-state index in [-0.39, 0.29) is 11.1 Å². The molecule has 7 N–H and O–H groups in total. The van der Waals surface area contributed by atoms with E-state index in [1.54, 1.807) is 0 Å². The fourth-order valence-corrected chi connectivity index (χ4v) is 2.45. The summed E-state index contributed by atoms with van der Waals surface area (Å²) in [7, 11) is 1.19. The van der Waals surface area contributed by atoms with E-state index >= 15 is 0 Å². The number of aromatic hydroxyl groups is 6. The summed E-state index contributed by atoms with van der Waals surface area (Å²) in [6, 6.07) is 3.37. The van der Waals surface area contributed by atoms with E-state index in [4.69, 9.17) is 14.2 Å². The zero-order chi connectivity index (χ0) is 23.3. The molecule has 0 aromatic heterocycles. The summed E-state index contributed by atoms with van der Waals surface area (Å²) in [6.07, 6.45) is -2.50. The number of aliphatic hydroxyl groups excluding tert-OH is 1. The average Bonchev–Trinajstić information content (AvgIpc) is 2.74. The average molecular weight is 440 g/mol. The predicted molar refractivity (Wildman–Crippen MR) is 100 cm³/mol. The number of aliphatic hydroxyl groups is 1. The number of hydrogen-bond donors (Lipinski definition) is 7. The van der Waals surface area contributed by atoms with Crippen LogP contribution in [0, 0.1) is 0 Å². The number of ether oxygens (including phenoxy) is 3. The third-order valence-electron chi connectivity index (χ3n) is 4.15. The molecule has 0 aliphatic heterocycles. The first-order valence-electron chi connectivity index (χ1n) is 8.60. The quantitative estimate of drug-likeness (QED) is 0.219. The van der Waals surface area contributed by atoms with Gasteiger partial charge in [0.15, 0.2) is 40.6 Å². The Bertz CT molecular complexity index is 924. The molecule has 0 aliphatic rings. The van der Waals surface area contributed by atoms with Crippen molar-refractivity contribution >= 4 is 11.9 Å². The van der Waals surface area contributed by atoms with Crippen LogP contribution in [-0.2, 0) is 14.2 Å². The molecule has 12 heteroatoms. The Hall–Kier alpha value is -3.90. The van der Waals surface area contributed by atoms with Crippen molar-refractivity contribution in [3.05, 3.63) is 35.4 Å². The van der Waals surface area contributed by atoms with Crippen molar-refractivity contribution in [2.45, 2.75) is 12.2 Å². The van der Waals surface area contributed by atoms with Crippen molar-refractivity contribution in [2.75, 3.05) is 20.3 Å². The lowest BCUT2D eigenvalue weighted by Crippen LogP contribution is -2.39. The van der Waals surface area contributed by atoms with Crippen LogP contribution < -0.4 is 0 Å². The summed E-state index contributed by atoms with van der Waals surface area (Å²) in [5, 5.41) is 66.1. The van der Waals surface area contributed by atoms with Crippen LogP contribution in [0.2, 0.25) is 0 Å². The highest BCUT2D eigenvalue weighted by atomic mass is 16.6. The summed E-state index contributed by atoms with van der Waals surface area (Å²) < 4.78 is 15.1. The number of carbonyl (C=O) groups excluding carboxylic acids is 2. The number of carbonyl (C=O) groups is 2. The van der Waals surface area contributed by atoms with Crippen LogP contribution in [0.25, 0.3) is 0 Å². The number of phenolic OH excluding ortho intramolecular Hbond substituents is 6. The van der Waals surface area contributed by atoms with Gasteiger partial charge in [-0.25, -0.2) is 9.59 Å². The molecule has 168 valence electrons. The Morgan fingerprint density at radius 3 is 1.58 bits per heavy atom. The maximum Gasteiger partial charge on any atom is 0.338 e. The standard InChI is InChI=1S/C19H20O12/c1-29-15(7-30-18(27)8-2-10(21)16(25)11(22)3-8)14(6-20)31-19(28)9-4-12(23)17(26)13(24)5-9/h2-5,14-15,20-26H,6-7H2,1H3/t14-,15+/m0/s1. The minimum absolute atomic E-state index is 0.296. The van der Waals surface area contributed by atoms with Gasteiger partial charge in [-0.15, -0.1) is 0 Å². The van der Waals surface area contributed by atoms with Gasteiger partial charge in [0.1, 0.15) is 12.7 Å². The molecular formula is C19H20O12. The van der Waals surface area contributed by atoms with Crippen LogP contribution >= 0.6 is 0 Å². The van der Waals surface area contributed by atoms with Crippen molar-refractivity contribution < 1.29 is 59.5 Å². The fraction of sp³-hybridized carbons (Fsp3) is 0.263. The predicted octanol–water partition coefficient (Wildman–Crippen LogP) is 0.310. The van der Waals surface area contributed by atoms with E-state index in [1.165, 1.54) is 7.11 Å². The lowest BCUT2D eigenvalue weighted by atomic mass is 10.1. The molecule has 2 atom stereocenters. The molecule has 2 aromatic rings. The number of methoxy groups -OCH3 is 1. The van der Waals surface area contributed by atoms with Crippen LogP contribution in [-0.4, -0.2) is 80.2 Å². The first kappa shape index (κ1) is 23.4. The van der Waals surface area contributed by atoms with Gasteiger partial charge in [-0.3, -0.25) is 0 Å². The third kappa shape index (κ3) is 5.38. The highest BCUT2D eigenvalue weighted by Gasteiger charge is 2.28. The Labute approximate surface area is 174 Å². The molecule has 0 fully saturated rings. The lowest BCUT2D eigenvalue weighted by molar-refractivity contribution is -0.0768. The summed E-state index contributed by atoms with van der Waals surface area (Å²) in [4.78, 5) is 24.3. The first-order chi connectivity index (χ1) is 14.6. The highest BCUT2D eigenvalue weighted by molar-refractivity contribution is 5.91. The Morgan fingerprint density at radius 1 is 0.774 bits per heavy atom. The van der Waals surface area contributed by atoms with Gasteiger partial charge in [0.05, 0.1) is 17.7 Å². The van der Waals surface area contributed by atoms with Crippen LogP contribution in [0.1, 0.15) is 20.7 Å². The van der Waals surface area contributed by atoms with Crippen molar-refractivity contribution in [2.24, 2.45) is 0 Å². The molecular weight excluding hydrogens is 420 g/mol. The number of hydrogen-bond acceptors (Lipinski definition) is 12. The molecule has 2 rings (SSSR count). The smallest absolute Gasteiger partial charge is 0.338 e. The van der Waals surface area contributed by atoms with Gasteiger partial charge in [-0.2, -0.15) is 0 Å². The van der Waals surface area contributed by atoms with Crippen LogP contribution in [0.4, 0.5) is 0 Å². The Kier molecular flexibility index (Phi) is 7.34. The number of phenols is 6. The minimum atomic E-state index is -1.34. The maximum atomic E-state index is 12.2. The van der Waals surface area contributed by atoms with Gasteiger partial charge in [-0.05, 0) is 24.3 Å². The highest BCUT2D eigenvalue weighted by Crippen LogP contribution is 2.36. The minimum Gasteiger partial charge on any atom is -0.504 e. The van der Waals surface area contributed by atoms with E-state index in [9.17, 15) is 45.3 Å². The Morgan fingerprint density at radius 2 is 1.19 bits per heavy atom. The molecule has 0 saturated heterocycles. The molecule has 0 heterocycles. The van der Waals surface area contributed by atoms with Crippen LogP contribution in [0.3, 0.4) is 0 Å². The zero-order valence-electron chi connectivity index (χ0n) is 16.1. The van der Waals surface area contributed by atoms with Crippen molar-refractivity contribution in [1.82, 2.24) is 0 Å². The lowest BCUT2D eigenvalue weighted by Gasteiger charge is -2.24. The Balaban J connectivity index is 2.07. The molecule has 31 heavy (non-hydrogen) atoms. The number of esters is 2. The van der Waals surface area contributed by atoms with E-state index in [0.717, 1.165) is 24.3 Å². The summed E-state index contributed by atoms with van der Waals surface area (Å²) in [5.41, 5.74) is -0.636. The van der Waals surface area contributed by atoms with Gasteiger partial charge in [-0.1, -0.05) is 0 Å². The SMILES string of the molecule is CO[C@H](COC(=O)c1cc(O)c(O)c(O)c1)[C@H](CO)OC(=O)c1cc(O)c(O)c(O)c1. The molecule has 0 radical (unpaired) electrons. The second kappa shape index (κ2) is 9.73. The van der Waals surface area contributed by atoms with Gasteiger partial charge >= 0.3 is 11.9 Å². The molecule has 0 bridgehead atoms. The van der Waals surface area contributed by atoms with Crippen molar-refractivity contribution in [1.29, 1.82) is 0 Å². The van der Waals surface area contributed by atoms with Gasteiger partial charge < -0.3 is 50.0 Å². The second-order valence-corrected chi connectivity index (χ2v) is 6.23. The van der Waals surface area contributed by atoms with Gasteiger partial charge in [0.25, 0.3) is 0 Å². The molecule has 2 aromatic carbocycles. The summed E-state index contributed by atoms with van der Waals surface area (Å²) >= 11 is 0. The molecule has 12 nitrogen and oxygen atoms in total. The molecule has 0 aliphatic carbocycles. The number of rotatable bonds is 8. The van der Waals surface area contributed by atoms with Crippen LogP contribution in [0.5, 0.6) is 34.5 Å². The normalized spacial score (nSPS) is 12.7. The van der Waals surface area contributed by atoms with Crippen LogP contribution in [0.15, 0.2) is 24.3 Å². The largest absolute Gasteiger partial charge is 0.504 e. The topological polar surface area (TPSA) is 203 Å². The fourth-order valence-electron chi connectivity index (χ4n) is 2.45. The van der Waals surface area contributed by atoms with Gasteiger partial charge in [0.2, 0.25) is 0 Å². The molecule has 0 unspecified atom stereocenters. The summed E-state index contributed by atoms with van der Waals surface area (Å²) in [6.45, 7) is -1.28.